The molecule has 1 saturated heterocycles. The lowest BCUT2D eigenvalue weighted by Gasteiger charge is -2.33. The number of hydrogen-bond acceptors (Lipinski definition) is 2. The first-order chi connectivity index (χ1) is 7.70. The van der Waals surface area contributed by atoms with E-state index in [0.717, 1.165) is 31.5 Å². The zero-order chi connectivity index (χ0) is 11.2. The van der Waals surface area contributed by atoms with Crippen LogP contribution in [0, 0.1) is 0 Å². The van der Waals surface area contributed by atoms with Crippen LogP contribution >= 0.6 is 0 Å². The molecule has 3 rings (SSSR count). The fourth-order valence-corrected chi connectivity index (χ4v) is 2.27. The van der Waals surface area contributed by atoms with Crippen LogP contribution in [0.25, 0.3) is 0 Å². The molecule has 2 amide bonds. The van der Waals surface area contributed by atoms with E-state index in [0.29, 0.717) is 5.69 Å². The van der Waals surface area contributed by atoms with E-state index in [4.69, 9.17) is 5.73 Å². The van der Waals surface area contributed by atoms with Gasteiger partial charge in [0.1, 0.15) is 0 Å². The normalized spacial score (nSPS) is 22.0. The maximum absolute atomic E-state index is 12.0. The lowest BCUT2D eigenvalue weighted by Crippen LogP contribution is -2.53. The van der Waals surface area contributed by atoms with Gasteiger partial charge in [-0.15, -0.1) is 0 Å². The van der Waals surface area contributed by atoms with Gasteiger partial charge in [-0.2, -0.15) is 0 Å². The third-order valence-corrected chi connectivity index (χ3v) is 3.51. The molecule has 1 heterocycles. The molecule has 0 atom stereocenters. The summed E-state index contributed by atoms with van der Waals surface area (Å²) in [5, 5.41) is 3.07. The van der Waals surface area contributed by atoms with Crippen LogP contribution in [0.2, 0.25) is 0 Å². The van der Waals surface area contributed by atoms with Crippen molar-refractivity contribution >= 4 is 17.4 Å². The second-order valence-corrected chi connectivity index (χ2v) is 4.67. The number of nitrogens with two attached hydrogens (primary N) is 1. The summed E-state index contributed by atoms with van der Waals surface area (Å²) in [4.78, 5) is 13.7. The van der Waals surface area contributed by atoms with Gasteiger partial charge in [0, 0.05) is 12.1 Å². The summed E-state index contributed by atoms with van der Waals surface area (Å²) in [6.45, 7) is 0.764. The highest BCUT2D eigenvalue weighted by Crippen LogP contribution is 2.42. The molecule has 16 heavy (non-hydrogen) atoms. The maximum Gasteiger partial charge on any atom is 0.322 e. The predicted octanol–water partition coefficient (Wildman–Crippen LogP) is 1.72. The minimum absolute atomic E-state index is 0.0124. The van der Waals surface area contributed by atoms with Crippen molar-refractivity contribution in [3.8, 4) is 0 Å². The topological polar surface area (TPSA) is 58.4 Å². The molecule has 1 aliphatic heterocycles. The highest BCUT2D eigenvalue weighted by atomic mass is 16.2. The minimum atomic E-state index is -0.0124. The quantitative estimate of drug-likeness (QED) is 0.704. The summed E-state index contributed by atoms with van der Waals surface area (Å²) in [6, 6.07) is 7.48. The van der Waals surface area contributed by atoms with E-state index in [2.05, 4.69) is 5.32 Å². The summed E-state index contributed by atoms with van der Waals surface area (Å²) in [6.07, 6.45) is 3.26. The number of benzene rings is 1. The van der Waals surface area contributed by atoms with Crippen molar-refractivity contribution in [1.82, 2.24) is 5.32 Å². The number of nitrogens with one attached hydrogen (secondary N) is 1. The highest BCUT2D eigenvalue weighted by Gasteiger charge is 2.47. The first kappa shape index (κ1) is 9.51. The summed E-state index contributed by atoms with van der Waals surface area (Å²) in [5.41, 5.74) is 7.47. The van der Waals surface area contributed by atoms with E-state index in [1.165, 1.54) is 0 Å². The number of urea groups is 1. The van der Waals surface area contributed by atoms with Gasteiger partial charge in [-0.25, -0.2) is 4.79 Å². The number of nitrogens with zero attached hydrogens (tertiary/aromatic N) is 1. The fraction of sp³-hybridized carbons (Fsp3) is 0.417. The first-order valence-electron chi connectivity index (χ1n) is 5.64. The largest absolute Gasteiger partial charge is 0.397 e. The van der Waals surface area contributed by atoms with Gasteiger partial charge in [0.2, 0.25) is 0 Å². The molecule has 0 aromatic heterocycles. The standard InChI is InChI=1S/C12H15N3O/c13-9-3-1-2-4-10(9)15-8-7-12(5-6-12)14-11(15)16/h1-4H,5-8,13H2,(H,14,16). The Hall–Kier alpha value is -1.71. The van der Waals surface area contributed by atoms with Crippen LogP contribution in [0.5, 0.6) is 0 Å². The average molecular weight is 217 g/mol. The second kappa shape index (κ2) is 3.14. The Kier molecular flexibility index (Phi) is 1.87. The summed E-state index contributed by atoms with van der Waals surface area (Å²) in [7, 11) is 0. The van der Waals surface area contributed by atoms with Crippen molar-refractivity contribution in [3.63, 3.8) is 0 Å². The monoisotopic (exact) mass is 217 g/mol. The number of para-hydroxylation sites is 2. The molecule has 1 aliphatic carbocycles. The van der Waals surface area contributed by atoms with Gasteiger partial charge in [0.25, 0.3) is 0 Å². The van der Waals surface area contributed by atoms with Crippen molar-refractivity contribution in [2.24, 2.45) is 0 Å². The molecule has 2 aliphatic rings. The van der Waals surface area contributed by atoms with Crippen molar-refractivity contribution in [1.29, 1.82) is 0 Å². The van der Waals surface area contributed by atoms with Crippen LogP contribution in [-0.2, 0) is 0 Å². The SMILES string of the molecule is Nc1ccccc1N1CCC2(CC2)NC1=O. The molecule has 1 saturated carbocycles. The van der Waals surface area contributed by atoms with Gasteiger partial charge < -0.3 is 11.1 Å². The van der Waals surface area contributed by atoms with E-state index in [1.54, 1.807) is 4.90 Å². The number of hydrogen-bond donors (Lipinski definition) is 2. The van der Waals surface area contributed by atoms with Crippen molar-refractivity contribution in [2.45, 2.75) is 24.8 Å². The van der Waals surface area contributed by atoms with Crippen molar-refractivity contribution < 1.29 is 4.79 Å². The molecule has 0 unspecified atom stereocenters. The van der Waals surface area contributed by atoms with Crippen LogP contribution in [0.15, 0.2) is 24.3 Å². The molecule has 1 aromatic carbocycles. The first-order valence-corrected chi connectivity index (χ1v) is 5.64. The highest BCUT2D eigenvalue weighted by molar-refractivity contribution is 5.96. The molecule has 84 valence electrons. The minimum Gasteiger partial charge on any atom is -0.397 e. The summed E-state index contributed by atoms with van der Waals surface area (Å²) in [5.74, 6) is 0. The van der Waals surface area contributed by atoms with Crippen molar-refractivity contribution in [2.75, 3.05) is 17.2 Å². The summed E-state index contributed by atoms with van der Waals surface area (Å²) >= 11 is 0. The third kappa shape index (κ3) is 1.41. The number of carbonyl (C=O) groups is 1. The molecule has 0 radical (unpaired) electrons. The van der Waals surface area contributed by atoms with Gasteiger partial charge in [-0.05, 0) is 31.4 Å². The Balaban J connectivity index is 1.86. The zero-order valence-corrected chi connectivity index (χ0v) is 9.07. The molecule has 1 spiro atoms. The molecular weight excluding hydrogens is 202 g/mol. The number of carbonyl (C=O) groups excluding carboxylic acids is 1. The number of amides is 2. The second-order valence-electron chi connectivity index (χ2n) is 4.67. The Labute approximate surface area is 94.4 Å². The van der Waals surface area contributed by atoms with Crippen molar-refractivity contribution in [3.05, 3.63) is 24.3 Å². The van der Waals surface area contributed by atoms with Crippen LogP contribution in [0.1, 0.15) is 19.3 Å². The molecule has 1 aromatic rings. The molecule has 3 N–H and O–H groups in total. The Morgan fingerprint density at radius 1 is 1.25 bits per heavy atom. The fourth-order valence-electron chi connectivity index (χ4n) is 2.27. The van der Waals surface area contributed by atoms with Crippen LogP contribution in [0.3, 0.4) is 0 Å². The van der Waals surface area contributed by atoms with Gasteiger partial charge >= 0.3 is 6.03 Å². The van der Waals surface area contributed by atoms with Gasteiger partial charge in [-0.3, -0.25) is 4.90 Å². The van der Waals surface area contributed by atoms with Crippen LogP contribution in [0.4, 0.5) is 16.2 Å². The number of nitrogen functional groups attached to an aromatic ring is 1. The third-order valence-electron chi connectivity index (χ3n) is 3.51. The Bertz CT molecular complexity index is 440. The molecule has 4 nitrogen and oxygen atoms in total. The molecule has 0 bridgehead atoms. The Morgan fingerprint density at radius 2 is 2.00 bits per heavy atom. The molecule has 4 heteroatoms. The van der Waals surface area contributed by atoms with Crippen LogP contribution in [-0.4, -0.2) is 18.1 Å². The van der Waals surface area contributed by atoms with E-state index in [-0.39, 0.29) is 11.6 Å². The van der Waals surface area contributed by atoms with E-state index in [1.807, 2.05) is 24.3 Å². The Morgan fingerprint density at radius 3 is 2.62 bits per heavy atom. The van der Waals surface area contributed by atoms with Gasteiger partial charge in [-0.1, -0.05) is 12.1 Å². The maximum atomic E-state index is 12.0. The van der Waals surface area contributed by atoms with E-state index >= 15 is 0 Å². The predicted molar refractivity (Wildman–Crippen MR) is 63.3 cm³/mol. The number of anilines is 2. The van der Waals surface area contributed by atoms with Gasteiger partial charge in [0.05, 0.1) is 11.4 Å². The molecular formula is C12H15N3O. The smallest absolute Gasteiger partial charge is 0.322 e. The molecule has 2 fully saturated rings. The van der Waals surface area contributed by atoms with E-state index in [9.17, 15) is 4.79 Å². The lowest BCUT2D eigenvalue weighted by atomic mass is 10.1. The zero-order valence-electron chi connectivity index (χ0n) is 9.07. The lowest BCUT2D eigenvalue weighted by molar-refractivity contribution is 0.234. The summed E-state index contributed by atoms with van der Waals surface area (Å²) < 4.78 is 0. The number of rotatable bonds is 1. The van der Waals surface area contributed by atoms with E-state index < -0.39 is 0 Å². The van der Waals surface area contributed by atoms with Gasteiger partial charge in [0.15, 0.2) is 0 Å². The average Bonchev–Trinajstić information content (AvgIpc) is 3.00. The van der Waals surface area contributed by atoms with Crippen LogP contribution < -0.4 is 16.0 Å².